The Hall–Kier alpha value is -1.54. The number of carbonyl (C=O) groups excluding carboxylic acids is 1. The van der Waals surface area contributed by atoms with Crippen molar-refractivity contribution in [2.24, 2.45) is 0 Å². The van der Waals surface area contributed by atoms with Gasteiger partial charge in [0, 0.05) is 16.6 Å². The smallest absolute Gasteiger partial charge is 0.131 e. The van der Waals surface area contributed by atoms with Crippen molar-refractivity contribution in [2.45, 2.75) is 30.4 Å². The number of thioether (sulfide) groups is 1. The second-order valence-corrected chi connectivity index (χ2v) is 6.01. The van der Waals surface area contributed by atoms with Crippen LogP contribution in [0.1, 0.15) is 29.7 Å². The molecule has 0 amide bonds. The van der Waals surface area contributed by atoms with E-state index in [-0.39, 0.29) is 11.0 Å². The van der Waals surface area contributed by atoms with E-state index >= 15 is 0 Å². The van der Waals surface area contributed by atoms with Gasteiger partial charge in [0.15, 0.2) is 0 Å². The molecule has 0 N–H and O–H groups in total. The molecule has 98 valence electrons. The third kappa shape index (κ3) is 4.25. The SMILES string of the molecule is CC(=O)CC(Sc1ccc(C)cc1)c1ccccc1. The molecule has 0 fully saturated rings. The number of ketones is 1. The average molecular weight is 270 g/mol. The van der Waals surface area contributed by atoms with Crippen LogP contribution in [-0.4, -0.2) is 5.78 Å². The van der Waals surface area contributed by atoms with E-state index in [0.29, 0.717) is 6.42 Å². The van der Waals surface area contributed by atoms with Gasteiger partial charge in [-0.05, 0) is 31.5 Å². The third-order valence-electron chi connectivity index (χ3n) is 2.94. The Morgan fingerprint density at radius 3 is 2.26 bits per heavy atom. The average Bonchev–Trinajstić information content (AvgIpc) is 2.41. The Kier molecular flexibility index (Phi) is 4.80. The molecule has 0 aliphatic heterocycles. The van der Waals surface area contributed by atoms with Crippen LogP contribution in [-0.2, 0) is 4.79 Å². The van der Waals surface area contributed by atoms with Crippen LogP contribution in [0, 0.1) is 6.92 Å². The predicted octanol–water partition coefficient (Wildman–Crippen LogP) is 4.81. The van der Waals surface area contributed by atoms with Crippen LogP contribution < -0.4 is 0 Å². The molecule has 1 atom stereocenters. The van der Waals surface area contributed by atoms with Crippen LogP contribution >= 0.6 is 11.8 Å². The summed E-state index contributed by atoms with van der Waals surface area (Å²) in [5, 5.41) is 0.196. The van der Waals surface area contributed by atoms with Gasteiger partial charge in [0.1, 0.15) is 5.78 Å². The molecule has 1 nitrogen and oxygen atoms in total. The van der Waals surface area contributed by atoms with Crippen molar-refractivity contribution in [2.75, 3.05) is 0 Å². The predicted molar refractivity (Wildman–Crippen MR) is 81.5 cm³/mol. The molecule has 0 saturated heterocycles. The van der Waals surface area contributed by atoms with Gasteiger partial charge in [-0.2, -0.15) is 0 Å². The molecule has 19 heavy (non-hydrogen) atoms. The number of rotatable bonds is 5. The van der Waals surface area contributed by atoms with Crippen LogP contribution in [0.15, 0.2) is 59.5 Å². The van der Waals surface area contributed by atoms with E-state index < -0.39 is 0 Å². The minimum Gasteiger partial charge on any atom is -0.300 e. The molecule has 0 radical (unpaired) electrons. The highest BCUT2D eigenvalue weighted by Gasteiger charge is 2.15. The summed E-state index contributed by atoms with van der Waals surface area (Å²) in [7, 11) is 0. The first-order valence-corrected chi connectivity index (χ1v) is 7.31. The van der Waals surface area contributed by atoms with Crippen molar-refractivity contribution >= 4 is 17.5 Å². The zero-order valence-electron chi connectivity index (χ0n) is 11.3. The molecule has 2 aromatic rings. The second-order valence-electron chi connectivity index (χ2n) is 4.74. The maximum Gasteiger partial charge on any atom is 0.131 e. The van der Waals surface area contributed by atoms with Crippen molar-refractivity contribution in [1.29, 1.82) is 0 Å². The summed E-state index contributed by atoms with van der Waals surface area (Å²) in [6, 6.07) is 18.7. The highest BCUT2D eigenvalue weighted by Crippen LogP contribution is 2.37. The van der Waals surface area contributed by atoms with E-state index in [2.05, 4.69) is 43.3 Å². The topological polar surface area (TPSA) is 17.1 Å². The molecule has 0 saturated carbocycles. The van der Waals surface area contributed by atoms with Crippen molar-refractivity contribution in [3.63, 3.8) is 0 Å². The summed E-state index contributed by atoms with van der Waals surface area (Å²) in [6.07, 6.45) is 0.572. The highest BCUT2D eigenvalue weighted by atomic mass is 32.2. The molecular weight excluding hydrogens is 252 g/mol. The molecule has 0 aliphatic rings. The minimum absolute atomic E-state index is 0.196. The van der Waals surface area contributed by atoms with Gasteiger partial charge >= 0.3 is 0 Å². The summed E-state index contributed by atoms with van der Waals surface area (Å²) in [4.78, 5) is 12.7. The molecule has 0 bridgehead atoms. The minimum atomic E-state index is 0.196. The fourth-order valence-corrected chi connectivity index (χ4v) is 3.17. The Labute approximate surface area is 119 Å². The Balaban J connectivity index is 2.19. The van der Waals surface area contributed by atoms with Gasteiger partial charge < -0.3 is 0 Å². The molecule has 2 heteroatoms. The fraction of sp³-hybridized carbons (Fsp3) is 0.235. The Morgan fingerprint density at radius 1 is 1.05 bits per heavy atom. The van der Waals surface area contributed by atoms with Gasteiger partial charge in [-0.1, -0.05) is 48.0 Å². The number of hydrogen-bond acceptors (Lipinski definition) is 2. The largest absolute Gasteiger partial charge is 0.300 e. The second kappa shape index (κ2) is 6.58. The van der Waals surface area contributed by atoms with Gasteiger partial charge in [0.25, 0.3) is 0 Å². The van der Waals surface area contributed by atoms with E-state index in [4.69, 9.17) is 0 Å². The first-order valence-electron chi connectivity index (χ1n) is 6.43. The van der Waals surface area contributed by atoms with Gasteiger partial charge in [-0.3, -0.25) is 4.79 Å². The number of carbonyl (C=O) groups is 1. The van der Waals surface area contributed by atoms with Gasteiger partial charge in [-0.15, -0.1) is 11.8 Å². The van der Waals surface area contributed by atoms with Crippen LogP contribution in [0.2, 0.25) is 0 Å². The lowest BCUT2D eigenvalue weighted by molar-refractivity contribution is -0.117. The van der Waals surface area contributed by atoms with E-state index in [1.54, 1.807) is 18.7 Å². The van der Waals surface area contributed by atoms with E-state index in [0.717, 1.165) is 0 Å². The molecule has 2 rings (SSSR count). The first-order chi connectivity index (χ1) is 9.15. The third-order valence-corrected chi connectivity index (χ3v) is 4.21. The zero-order chi connectivity index (χ0) is 13.7. The summed E-state index contributed by atoms with van der Waals surface area (Å²) in [6.45, 7) is 3.74. The Bertz CT molecular complexity index is 531. The lowest BCUT2D eigenvalue weighted by Crippen LogP contribution is -2.00. The summed E-state index contributed by atoms with van der Waals surface area (Å²) in [5.74, 6) is 0.230. The molecule has 0 aliphatic carbocycles. The summed E-state index contributed by atoms with van der Waals surface area (Å²) in [5.41, 5.74) is 2.47. The van der Waals surface area contributed by atoms with Gasteiger partial charge in [0.05, 0.1) is 0 Å². The molecule has 0 aromatic heterocycles. The number of benzene rings is 2. The maximum atomic E-state index is 11.5. The van der Waals surface area contributed by atoms with Crippen LogP contribution in [0.4, 0.5) is 0 Å². The molecule has 0 spiro atoms. The molecule has 1 unspecified atom stereocenters. The molecular formula is C17H18OS. The number of hydrogen-bond donors (Lipinski definition) is 0. The van der Waals surface area contributed by atoms with Crippen molar-refractivity contribution in [1.82, 2.24) is 0 Å². The van der Waals surface area contributed by atoms with Gasteiger partial charge in [0.2, 0.25) is 0 Å². The summed E-state index contributed by atoms with van der Waals surface area (Å²) >= 11 is 1.76. The quantitative estimate of drug-likeness (QED) is 0.725. The maximum absolute atomic E-state index is 11.5. The zero-order valence-corrected chi connectivity index (χ0v) is 12.1. The van der Waals surface area contributed by atoms with Crippen molar-refractivity contribution in [3.05, 3.63) is 65.7 Å². The normalized spacial score (nSPS) is 12.1. The van der Waals surface area contributed by atoms with E-state index in [1.165, 1.54) is 16.0 Å². The lowest BCUT2D eigenvalue weighted by atomic mass is 10.1. The van der Waals surface area contributed by atoms with Crippen LogP contribution in [0.3, 0.4) is 0 Å². The van der Waals surface area contributed by atoms with Crippen molar-refractivity contribution < 1.29 is 4.79 Å². The van der Waals surface area contributed by atoms with Crippen molar-refractivity contribution in [3.8, 4) is 0 Å². The molecule has 2 aromatic carbocycles. The first kappa shape index (κ1) is 13.9. The van der Waals surface area contributed by atoms with Gasteiger partial charge in [-0.25, -0.2) is 0 Å². The standard InChI is InChI=1S/C17H18OS/c1-13-8-10-16(11-9-13)19-17(12-14(2)18)15-6-4-3-5-7-15/h3-11,17H,12H2,1-2H3. The highest BCUT2D eigenvalue weighted by molar-refractivity contribution is 7.99. The Morgan fingerprint density at radius 2 is 1.68 bits per heavy atom. The fourth-order valence-electron chi connectivity index (χ4n) is 1.94. The summed E-state index contributed by atoms with van der Waals surface area (Å²) < 4.78 is 0. The monoisotopic (exact) mass is 270 g/mol. The lowest BCUT2D eigenvalue weighted by Gasteiger charge is -2.15. The van der Waals surface area contributed by atoms with E-state index in [9.17, 15) is 4.79 Å². The number of Topliss-reactive ketones (excluding diaryl/α,β-unsaturated/α-hetero) is 1. The number of aryl methyl sites for hydroxylation is 1. The van der Waals surface area contributed by atoms with Crippen LogP contribution in [0.25, 0.3) is 0 Å². The van der Waals surface area contributed by atoms with Crippen LogP contribution in [0.5, 0.6) is 0 Å². The van der Waals surface area contributed by atoms with E-state index in [1.807, 2.05) is 18.2 Å². The molecule has 0 heterocycles.